The van der Waals surface area contributed by atoms with Crippen LogP contribution in [0.1, 0.15) is 31.0 Å². The van der Waals surface area contributed by atoms with Crippen molar-refractivity contribution in [3.8, 4) is 0 Å². The first-order chi connectivity index (χ1) is 8.52. The van der Waals surface area contributed by atoms with Crippen LogP contribution in [0.2, 0.25) is 0 Å². The molecule has 0 aliphatic heterocycles. The summed E-state index contributed by atoms with van der Waals surface area (Å²) in [5.74, 6) is 0.491. The molecule has 102 valence electrons. The molecule has 0 aliphatic rings. The van der Waals surface area contributed by atoms with Gasteiger partial charge in [-0.3, -0.25) is 4.79 Å². The Hall–Kier alpha value is -0.940. The zero-order chi connectivity index (χ0) is 13.5. The summed E-state index contributed by atoms with van der Waals surface area (Å²) < 4.78 is 0. The molecule has 0 bridgehead atoms. The van der Waals surface area contributed by atoms with Crippen molar-refractivity contribution < 1.29 is 4.79 Å². The number of thiazole rings is 1. The highest BCUT2D eigenvalue weighted by Crippen LogP contribution is 2.11. The average molecular weight is 269 g/mol. The van der Waals surface area contributed by atoms with Crippen molar-refractivity contribution in [2.24, 2.45) is 17.6 Å². The minimum atomic E-state index is -0.0674. The number of hydrogen-bond donors (Lipinski definition) is 2. The van der Waals surface area contributed by atoms with Gasteiger partial charge in [0.1, 0.15) is 0 Å². The molecule has 1 aromatic rings. The number of rotatable bonds is 7. The summed E-state index contributed by atoms with van der Waals surface area (Å²) in [6.45, 7) is 7.25. The summed E-state index contributed by atoms with van der Waals surface area (Å²) in [5.41, 5.74) is 6.68. The van der Waals surface area contributed by atoms with Crippen molar-refractivity contribution in [3.05, 3.63) is 16.1 Å². The summed E-state index contributed by atoms with van der Waals surface area (Å²) >= 11 is 1.64. The molecule has 1 atom stereocenters. The minimum absolute atomic E-state index is 0.0674. The fourth-order valence-corrected chi connectivity index (χ4v) is 2.51. The second-order valence-corrected chi connectivity index (χ2v) is 6.02. The molecule has 5 heteroatoms. The Morgan fingerprint density at radius 1 is 1.56 bits per heavy atom. The highest BCUT2D eigenvalue weighted by Gasteiger charge is 2.17. The van der Waals surface area contributed by atoms with E-state index in [-0.39, 0.29) is 11.8 Å². The van der Waals surface area contributed by atoms with Crippen LogP contribution in [0.3, 0.4) is 0 Å². The Balaban J connectivity index is 2.31. The third-order valence-corrected chi connectivity index (χ3v) is 3.58. The lowest BCUT2D eigenvalue weighted by atomic mass is 9.96. The summed E-state index contributed by atoms with van der Waals surface area (Å²) in [6.07, 6.45) is 1.63. The quantitative estimate of drug-likeness (QED) is 0.792. The van der Waals surface area contributed by atoms with E-state index in [0.717, 1.165) is 23.5 Å². The largest absolute Gasteiger partial charge is 0.355 e. The van der Waals surface area contributed by atoms with Gasteiger partial charge in [0, 0.05) is 24.9 Å². The molecule has 1 heterocycles. The molecule has 0 saturated heterocycles. The van der Waals surface area contributed by atoms with Crippen LogP contribution in [-0.2, 0) is 11.2 Å². The van der Waals surface area contributed by atoms with E-state index in [2.05, 4.69) is 24.1 Å². The van der Waals surface area contributed by atoms with Crippen LogP contribution in [0.5, 0.6) is 0 Å². The molecular formula is C13H23N3OS. The molecule has 0 fully saturated rings. The zero-order valence-corrected chi connectivity index (χ0v) is 12.2. The van der Waals surface area contributed by atoms with Crippen LogP contribution in [0.4, 0.5) is 0 Å². The van der Waals surface area contributed by atoms with Crippen molar-refractivity contribution in [1.82, 2.24) is 10.3 Å². The molecule has 1 aromatic heterocycles. The average Bonchev–Trinajstić information content (AvgIpc) is 2.71. The summed E-state index contributed by atoms with van der Waals surface area (Å²) in [7, 11) is 0. The molecule has 1 rings (SSSR count). The monoisotopic (exact) mass is 269 g/mol. The zero-order valence-electron chi connectivity index (χ0n) is 11.4. The van der Waals surface area contributed by atoms with E-state index >= 15 is 0 Å². The van der Waals surface area contributed by atoms with Crippen LogP contribution in [0.25, 0.3) is 0 Å². The van der Waals surface area contributed by atoms with Crippen LogP contribution < -0.4 is 11.1 Å². The van der Waals surface area contributed by atoms with Gasteiger partial charge in [-0.1, -0.05) is 13.8 Å². The predicted molar refractivity (Wildman–Crippen MR) is 75.6 cm³/mol. The molecule has 0 saturated carbocycles. The van der Waals surface area contributed by atoms with E-state index < -0.39 is 0 Å². The van der Waals surface area contributed by atoms with Crippen LogP contribution in [0, 0.1) is 18.8 Å². The van der Waals surface area contributed by atoms with E-state index in [9.17, 15) is 4.79 Å². The molecule has 1 amide bonds. The number of aryl methyl sites for hydroxylation is 1. The number of carbonyl (C=O) groups excluding carboxylic acids is 1. The number of amides is 1. The Labute approximate surface area is 113 Å². The van der Waals surface area contributed by atoms with Gasteiger partial charge in [0.05, 0.1) is 16.6 Å². The highest BCUT2D eigenvalue weighted by molar-refractivity contribution is 7.09. The lowest BCUT2D eigenvalue weighted by Crippen LogP contribution is -2.36. The van der Waals surface area contributed by atoms with Crippen molar-refractivity contribution in [2.45, 2.75) is 33.6 Å². The third kappa shape index (κ3) is 5.14. The van der Waals surface area contributed by atoms with Gasteiger partial charge in [-0.05, 0) is 19.3 Å². The van der Waals surface area contributed by atoms with Crippen LogP contribution in [0.15, 0.2) is 5.38 Å². The molecule has 0 spiro atoms. The van der Waals surface area contributed by atoms with E-state index in [1.54, 1.807) is 11.3 Å². The molecule has 3 N–H and O–H groups in total. The normalized spacial score (nSPS) is 12.7. The lowest BCUT2D eigenvalue weighted by Gasteiger charge is -2.16. The lowest BCUT2D eigenvalue weighted by molar-refractivity contribution is -0.125. The second-order valence-electron chi connectivity index (χ2n) is 4.96. The van der Waals surface area contributed by atoms with Crippen molar-refractivity contribution in [2.75, 3.05) is 13.1 Å². The maximum absolute atomic E-state index is 11.9. The fourth-order valence-electron chi connectivity index (χ4n) is 1.86. The topological polar surface area (TPSA) is 68.0 Å². The van der Waals surface area contributed by atoms with E-state index in [4.69, 9.17) is 5.73 Å². The summed E-state index contributed by atoms with van der Waals surface area (Å²) in [5, 5.41) is 6.05. The number of carbonyl (C=O) groups is 1. The van der Waals surface area contributed by atoms with Gasteiger partial charge in [0.2, 0.25) is 5.91 Å². The number of aromatic nitrogens is 1. The van der Waals surface area contributed by atoms with Crippen LogP contribution in [-0.4, -0.2) is 24.0 Å². The van der Waals surface area contributed by atoms with E-state index in [1.165, 1.54) is 0 Å². The fraction of sp³-hybridized carbons (Fsp3) is 0.692. The Morgan fingerprint density at radius 2 is 2.28 bits per heavy atom. The molecule has 0 aliphatic carbocycles. The van der Waals surface area contributed by atoms with Gasteiger partial charge in [-0.2, -0.15) is 0 Å². The summed E-state index contributed by atoms with van der Waals surface area (Å²) in [6, 6.07) is 0. The smallest absolute Gasteiger partial charge is 0.224 e. The minimum Gasteiger partial charge on any atom is -0.355 e. The van der Waals surface area contributed by atoms with Crippen molar-refractivity contribution in [3.63, 3.8) is 0 Å². The Morgan fingerprint density at radius 3 is 2.78 bits per heavy atom. The van der Waals surface area contributed by atoms with Crippen LogP contribution >= 0.6 is 11.3 Å². The Bertz CT molecular complexity index is 376. The number of nitrogens with zero attached hydrogens (tertiary/aromatic N) is 1. The molecule has 0 aromatic carbocycles. The van der Waals surface area contributed by atoms with E-state index in [1.807, 2.05) is 12.3 Å². The standard InChI is InChI=1S/C13H23N3OS/c1-9(2)6-11(7-14)13(17)15-5-4-12-8-18-10(3)16-12/h8-9,11H,4-7,14H2,1-3H3,(H,15,17). The van der Waals surface area contributed by atoms with Gasteiger partial charge in [-0.15, -0.1) is 11.3 Å². The highest BCUT2D eigenvalue weighted by atomic mass is 32.1. The third-order valence-electron chi connectivity index (χ3n) is 2.76. The van der Waals surface area contributed by atoms with Crippen molar-refractivity contribution >= 4 is 17.2 Å². The SMILES string of the molecule is Cc1nc(CCNC(=O)C(CN)CC(C)C)cs1. The predicted octanol–water partition coefficient (Wildman–Crippen LogP) is 1.73. The second kappa shape index (κ2) is 7.48. The van der Waals surface area contributed by atoms with Gasteiger partial charge in [0.25, 0.3) is 0 Å². The van der Waals surface area contributed by atoms with Gasteiger partial charge in [0.15, 0.2) is 0 Å². The summed E-state index contributed by atoms with van der Waals surface area (Å²) in [4.78, 5) is 16.3. The Kier molecular flexibility index (Phi) is 6.29. The molecular weight excluding hydrogens is 246 g/mol. The van der Waals surface area contributed by atoms with Gasteiger partial charge >= 0.3 is 0 Å². The first-order valence-corrected chi connectivity index (χ1v) is 7.29. The number of nitrogens with two attached hydrogens (primary N) is 1. The first kappa shape index (κ1) is 15.1. The van der Waals surface area contributed by atoms with Gasteiger partial charge < -0.3 is 11.1 Å². The molecule has 1 unspecified atom stereocenters. The van der Waals surface area contributed by atoms with Crippen molar-refractivity contribution in [1.29, 1.82) is 0 Å². The van der Waals surface area contributed by atoms with Gasteiger partial charge in [-0.25, -0.2) is 4.98 Å². The maximum Gasteiger partial charge on any atom is 0.224 e. The van der Waals surface area contributed by atoms with E-state index in [0.29, 0.717) is 19.0 Å². The molecule has 4 nitrogen and oxygen atoms in total. The first-order valence-electron chi connectivity index (χ1n) is 6.41. The molecule has 0 radical (unpaired) electrons. The maximum atomic E-state index is 11.9. The number of hydrogen-bond acceptors (Lipinski definition) is 4. The molecule has 18 heavy (non-hydrogen) atoms. The number of nitrogens with one attached hydrogen (secondary N) is 1.